The number of likely N-dealkylation sites (tertiary alicyclic amines) is 1. The molecule has 72 valence electrons. The molecule has 0 N–H and O–H groups in total. The van der Waals surface area contributed by atoms with Crippen molar-refractivity contribution in [3.63, 3.8) is 0 Å². The predicted molar refractivity (Wildman–Crippen MR) is 45.5 cm³/mol. The molecule has 1 saturated heterocycles. The Morgan fingerprint density at radius 1 is 1.50 bits per heavy atom. The summed E-state index contributed by atoms with van der Waals surface area (Å²) < 4.78 is 25.5. The van der Waals surface area contributed by atoms with Crippen molar-refractivity contribution in [2.45, 2.75) is 45.1 Å². The van der Waals surface area contributed by atoms with E-state index in [-0.39, 0.29) is 13.0 Å². The van der Waals surface area contributed by atoms with Crippen LogP contribution < -0.4 is 0 Å². The van der Waals surface area contributed by atoms with Crippen molar-refractivity contribution in [3.8, 4) is 0 Å². The molecule has 1 fully saturated rings. The maximum atomic E-state index is 12.8. The first-order valence-electron chi connectivity index (χ1n) is 4.67. The number of alkyl halides is 2. The minimum atomic E-state index is -2.43. The second kappa shape index (κ2) is 3.69. The van der Waals surface area contributed by atoms with E-state index in [1.165, 1.54) is 0 Å². The molecule has 1 nitrogen and oxygen atoms in total. The lowest BCUT2D eigenvalue weighted by atomic mass is 10.2. The second-order valence-electron chi connectivity index (χ2n) is 3.71. The summed E-state index contributed by atoms with van der Waals surface area (Å²) in [6.07, 6.45) is 2.14. The summed E-state index contributed by atoms with van der Waals surface area (Å²) >= 11 is 0. The van der Waals surface area contributed by atoms with Crippen LogP contribution in [-0.4, -0.2) is 30.0 Å². The number of rotatable bonds is 3. The van der Waals surface area contributed by atoms with E-state index in [1.807, 2.05) is 11.8 Å². The first-order valence-corrected chi connectivity index (χ1v) is 4.67. The third-order valence-electron chi connectivity index (χ3n) is 2.53. The number of hydrogen-bond donors (Lipinski definition) is 0. The molecule has 1 heterocycles. The minimum absolute atomic E-state index is 0.0336. The predicted octanol–water partition coefficient (Wildman–Crippen LogP) is 2.52. The van der Waals surface area contributed by atoms with Crippen LogP contribution in [0.5, 0.6) is 0 Å². The average molecular weight is 177 g/mol. The van der Waals surface area contributed by atoms with Crippen molar-refractivity contribution in [2.24, 2.45) is 0 Å². The van der Waals surface area contributed by atoms with Crippen LogP contribution in [0, 0.1) is 0 Å². The topological polar surface area (TPSA) is 3.24 Å². The maximum Gasteiger partial charge on any atom is 0.261 e. The van der Waals surface area contributed by atoms with Gasteiger partial charge in [-0.25, -0.2) is 8.78 Å². The summed E-state index contributed by atoms with van der Waals surface area (Å²) in [5.41, 5.74) is 0. The SMILES string of the molecule is CCCC(C)N1CCC(F)(F)C1. The number of hydrogen-bond acceptors (Lipinski definition) is 1. The molecule has 1 aliphatic heterocycles. The van der Waals surface area contributed by atoms with E-state index in [2.05, 4.69) is 6.92 Å². The highest BCUT2D eigenvalue weighted by atomic mass is 19.3. The first-order chi connectivity index (χ1) is 5.55. The zero-order valence-corrected chi connectivity index (χ0v) is 7.82. The Kier molecular flexibility index (Phi) is 3.04. The normalized spacial score (nSPS) is 26.0. The van der Waals surface area contributed by atoms with Crippen molar-refractivity contribution in [1.29, 1.82) is 0 Å². The largest absolute Gasteiger partial charge is 0.295 e. The summed E-state index contributed by atoms with van der Waals surface area (Å²) in [5.74, 6) is -2.43. The molecule has 0 amide bonds. The Balaban J connectivity index is 2.36. The smallest absolute Gasteiger partial charge is 0.261 e. The van der Waals surface area contributed by atoms with E-state index in [9.17, 15) is 8.78 Å². The monoisotopic (exact) mass is 177 g/mol. The van der Waals surface area contributed by atoms with Crippen LogP contribution in [0.1, 0.15) is 33.1 Å². The summed E-state index contributed by atoms with van der Waals surface area (Å²) in [5, 5.41) is 0. The molecule has 0 radical (unpaired) electrons. The quantitative estimate of drug-likeness (QED) is 0.640. The summed E-state index contributed by atoms with van der Waals surface area (Å²) in [7, 11) is 0. The van der Waals surface area contributed by atoms with Gasteiger partial charge in [0.05, 0.1) is 6.54 Å². The lowest BCUT2D eigenvalue weighted by Gasteiger charge is -2.23. The van der Waals surface area contributed by atoms with Crippen molar-refractivity contribution in [1.82, 2.24) is 4.90 Å². The van der Waals surface area contributed by atoms with Crippen molar-refractivity contribution < 1.29 is 8.78 Å². The fraction of sp³-hybridized carbons (Fsp3) is 1.00. The van der Waals surface area contributed by atoms with Gasteiger partial charge in [0.1, 0.15) is 0 Å². The van der Waals surface area contributed by atoms with Gasteiger partial charge >= 0.3 is 0 Å². The van der Waals surface area contributed by atoms with Gasteiger partial charge in [-0.15, -0.1) is 0 Å². The van der Waals surface area contributed by atoms with Crippen LogP contribution in [0.15, 0.2) is 0 Å². The van der Waals surface area contributed by atoms with E-state index in [4.69, 9.17) is 0 Å². The lowest BCUT2D eigenvalue weighted by Crippen LogP contribution is -2.33. The Bertz CT molecular complexity index is 147. The van der Waals surface area contributed by atoms with Gasteiger partial charge in [-0.1, -0.05) is 13.3 Å². The molecule has 0 saturated carbocycles. The zero-order chi connectivity index (χ0) is 9.19. The van der Waals surface area contributed by atoms with Crippen LogP contribution in [0.25, 0.3) is 0 Å². The molecule has 0 spiro atoms. The van der Waals surface area contributed by atoms with Gasteiger partial charge in [0.15, 0.2) is 0 Å². The van der Waals surface area contributed by atoms with E-state index in [0.717, 1.165) is 12.8 Å². The number of nitrogens with zero attached hydrogens (tertiary/aromatic N) is 1. The molecular formula is C9H17F2N. The molecule has 0 aromatic carbocycles. The molecule has 0 aliphatic carbocycles. The van der Waals surface area contributed by atoms with E-state index in [0.29, 0.717) is 12.6 Å². The molecule has 1 rings (SSSR count). The van der Waals surface area contributed by atoms with Gasteiger partial charge in [-0.05, 0) is 13.3 Å². The third kappa shape index (κ3) is 2.41. The average Bonchev–Trinajstić information content (AvgIpc) is 2.31. The highest BCUT2D eigenvalue weighted by Gasteiger charge is 2.39. The highest BCUT2D eigenvalue weighted by Crippen LogP contribution is 2.28. The second-order valence-corrected chi connectivity index (χ2v) is 3.71. The van der Waals surface area contributed by atoms with Gasteiger partial charge in [0.2, 0.25) is 0 Å². The van der Waals surface area contributed by atoms with Crippen molar-refractivity contribution in [3.05, 3.63) is 0 Å². The van der Waals surface area contributed by atoms with E-state index in [1.54, 1.807) is 0 Å². The molecule has 1 aliphatic rings. The molecule has 0 aromatic heterocycles. The van der Waals surface area contributed by atoms with Crippen LogP contribution in [0.2, 0.25) is 0 Å². The fourth-order valence-electron chi connectivity index (χ4n) is 1.74. The summed E-state index contributed by atoms with van der Waals surface area (Å²) in [4.78, 5) is 1.89. The standard InChI is InChI=1S/C9H17F2N/c1-3-4-8(2)12-6-5-9(10,11)7-12/h8H,3-7H2,1-2H3. The molecule has 3 heteroatoms. The minimum Gasteiger partial charge on any atom is -0.295 e. The molecule has 0 bridgehead atoms. The molecule has 1 unspecified atom stereocenters. The Morgan fingerprint density at radius 3 is 2.58 bits per heavy atom. The first kappa shape index (κ1) is 9.90. The fourth-order valence-corrected chi connectivity index (χ4v) is 1.74. The van der Waals surface area contributed by atoms with Gasteiger partial charge < -0.3 is 0 Å². The lowest BCUT2D eigenvalue weighted by molar-refractivity contribution is 0.00802. The highest BCUT2D eigenvalue weighted by molar-refractivity contribution is 4.84. The Labute approximate surface area is 72.7 Å². The summed E-state index contributed by atoms with van der Waals surface area (Å²) in [6, 6.07) is 0.323. The molecule has 12 heavy (non-hydrogen) atoms. The van der Waals surface area contributed by atoms with Gasteiger partial charge in [-0.3, -0.25) is 4.90 Å². The molecule has 0 aromatic rings. The Hall–Kier alpha value is -0.180. The third-order valence-corrected chi connectivity index (χ3v) is 2.53. The summed E-state index contributed by atoms with van der Waals surface area (Å²) in [6.45, 7) is 4.65. The molecular weight excluding hydrogens is 160 g/mol. The van der Waals surface area contributed by atoms with Gasteiger partial charge in [0, 0.05) is 19.0 Å². The van der Waals surface area contributed by atoms with Gasteiger partial charge in [-0.2, -0.15) is 0 Å². The Morgan fingerprint density at radius 2 is 2.17 bits per heavy atom. The van der Waals surface area contributed by atoms with Crippen LogP contribution >= 0.6 is 0 Å². The number of halogens is 2. The van der Waals surface area contributed by atoms with E-state index >= 15 is 0 Å². The molecule has 1 atom stereocenters. The van der Waals surface area contributed by atoms with Crippen molar-refractivity contribution >= 4 is 0 Å². The zero-order valence-electron chi connectivity index (χ0n) is 7.82. The van der Waals surface area contributed by atoms with Crippen molar-refractivity contribution in [2.75, 3.05) is 13.1 Å². The van der Waals surface area contributed by atoms with E-state index < -0.39 is 5.92 Å². The van der Waals surface area contributed by atoms with Gasteiger partial charge in [0.25, 0.3) is 5.92 Å². The maximum absolute atomic E-state index is 12.8. The van der Waals surface area contributed by atoms with Crippen LogP contribution in [-0.2, 0) is 0 Å². The van der Waals surface area contributed by atoms with Crippen LogP contribution in [0.4, 0.5) is 8.78 Å². The van der Waals surface area contributed by atoms with Crippen LogP contribution in [0.3, 0.4) is 0 Å².